The molecule has 0 unspecified atom stereocenters. The highest BCUT2D eigenvalue weighted by Crippen LogP contribution is 1.57. The largest absolute Gasteiger partial charge is 0.277 e. The first-order valence-electron chi connectivity index (χ1n) is 3.96. The van der Waals surface area contributed by atoms with Crippen molar-refractivity contribution >= 4 is 12.6 Å². The minimum atomic E-state index is 1.46. The zero-order valence-electron chi connectivity index (χ0n) is 8.33. The molecule has 0 amide bonds. The van der Waals surface area contributed by atoms with Crippen LogP contribution in [0.1, 0.15) is 27.7 Å². The normalized spacial score (nSPS) is 8.09. The van der Waals surface area contributed by atoms with Crippen LogP contribution in [-0.2, 0) is 0 Å². The second-order valence-electron chi connectivity index (χ2n) is 0.908. The van der Waals surface area contributed by atoms with E-state index < -0.39 is 0 Å². The van der Waals surface area contributed by atoms with Crippen LogP contribution in [0.15, 0.2) is 22.6 Å². The molecule has 0 spiro atoms. The van der Waals surface area contributed by atoms with Crippen LogP contribution in [-0.4, -0.2) is 19.6 Å². The first-order chi connectivity index (χ1) is 5.41. The van der Waals surface area contributed by atoms with Gasteiger partial charge in [-0.05, 0) is 0 Å². The Kier molecular flexibility index (Phi) is 53.7. The van der Waals surface area contributed by atoms with E-state index in [1.54, 1.807) is 19.3 Å². The Hall–Kier alpha value is -0.920. The molecule has 0 N–H and O–H groups in total. The Labute approximate surface area is 70.8 Å². The van der Waals surface area contributed by atoms with Crippen LogP contribution in [0.2, 0.25) is 0 Å². The predicted molar refractivity (Wildman–Crippen MR) is 55.8 cm³/mol. The lowest BCUT2D eigenvalue weighted by atomic mass is 10.7. The van der Waals surface area contributed by atoms with Crippen molar-refractivity contribution in [3.8, 4) is 0 Å². The lowest BCUT2D eigenvalue weighted by Crippen LogP contribution is -1.63. The molecule has 0 bridgehead atoms. The number of allylic oxidation sites excluding steroid dienone is 1. The molecule has 0 atom stereocenters. The molecular formula is C9H20N2. The van der Waals surface area contributed by atoms with Crippen LogP contribution in [0.4, 0.5) is 0 Å². The number of nitrogens with zero attached hydrogens (tertiary/aromatic N) is 2. The van der Waals surface area contributed by atoms with E-state index in [0.29, 0.717) is 0 Å². The molecule has 0 aliphatic carbocycles. The molecule has 0 aliphatic heterocycles. The Balaban J connectivity index is -0.000000138. The van der Waals surface area contributed by atoms with Crippen molar-refractivity contribution in [3.05, 3.63) is 12.7 Å². The van der Waals surface area contributed by atoms with E-state index >= 15 is 0 Å². The van der Waals surface area contributed by atoms with Gasteiger partial charge in [0.1, 0.15) is 6.34 Å². The topological polar surface area (TPSA) is 24.7 Å². The highest BCUT2D eigenvalue weighted by molar-refractivity contribution is 5.79. The van der Waals surface area contributed by atoms with Gasteiger partial charge < -0.3 is 0 Å². The minimum Gasteiger partial charge on any atom is -0.277 e. The maximum absolute atomic E-state index is 3.67. The van der Waals surface area contributed by atoms with Crippen molar-refractivity contribution in [3.63, 3.8) is 0 Å². The fourth-order valence-corrected chi connectivity index (χ4v) is 0.166. The van der Waals surface area contributed by atoms with E-state index in [1.807, 2.05) is 27.7 Å². The molecule has 2 heteroatoms. The molecular weight excluding hydrogens is 136 g/mol. The van der Waals surface area contributed by atoms with Gasteiger partial charge in [0.2, 0.25) is 0 Å². The minimum absolute atomic E-state index is 1.46. The van der Waals surface area contributed by atoms with E-state index in [9.17, 15) is 0 Å². The smallest absolute Gasteiger partial charge is 0.109 e. The van der Waals surface area contributed by atoms with Gasteiger partial charge in [-0.1, -0.05) is 40.3 Å². The summed E-state index contributed by atoms with van der Waals surface area (Å²) >= 11 is 0. The Morgan fingerprint density at radius 3 is 1.82 bits per heavy atom. The molecule has 0 aromatic heterocycles. The maximum Gasteiger partial charge on any atom is 0.109 e. The SMILES string of the molecule is C=CC=NC=NC.CC.CC. The van der Waals surface area contributed by atoms with Gasteiger partial charge in [-0.15, -0.1) is 0 Å². The quantitative estimate of drug-likeness (QED) is 0.434. The number of aliphatic imine (C=N–C) groups is 2. The molecule has 0 rings (SSSR count). The molecule has 66 valence electrons. The van der Waals surface area contributed by atoms with Crippen molar-refractivity contribution in [1.29, 1.82) is 0 Å². The highest BCUT2D eigenvalue weighted by Gasteiger charge is 1.52. The Morgan fingerprint density at radius 1 is 1.09 bits per heavy atom. The van der Waals surface area contributed by atoms with Gasteiger partial charge in [0.25, 0.3) is 0 Å². The highest BCUT2D eigenvalue weighted by atomic mass is 14.8. The molecule has 0 saturated carbocycles. The second kappa shape index (κ2) is 35.6. The lowest BCUT2D eigenvalue weighted by Gasteiger charge is -1.66. The van der Waals surface area contributed by atoms with E-state index in [2.05, 4.69) is 16.6 Å². The van der Waals surface area contributed by atoms with Gasteiger partial charge >= 0.3 is 0 Å². The van der Waals surface area contributed by atoms with Crippen LogP contribution >= 0.6 is 0 Å². The second-order valence-corrected chi connectivity index (χ2v) is 0.908. The van der Waals surface area contributed by atoms with Gasteiger partial charge in [-0.2, -0.15) is 0 Å². The van der Waals surface area contributed by atoms with Crippen LogP contribution in [0, 0.1) is 0 Å². The Bertz CT molecular complexity index is 93.7. The van der Waals surface area contributed by atoms with Crippen LogP contribution in [0.5, 0.6) is 0 Å². The van der Waals surface area contributed by atoms with Gasteiger partial charge in [0.15, 0.2) is 0 Å². The molecule has 2 nitrogen and oxygen atoms in total. The summed E-state index contributed by atoms with van der Waals surface area (Å²) in [7, 11) is 1.67. The number of hydrogen-bond acceptors (Lipinski definition) is 1. The van der Waals surface area contributed by atoms with Crippen molar-refractivity contribution in [2.24, 2.45) is 9.98 Å². The summed E-state index contributed by atoms with van der Waals surface area (Å²) in [4.78, 5) is 7.28. The maximum atomic E-state index is 3.67. The zero-order valence-corrected chi connectivity index (χ0v) is 8.33. The molecule has 11 heavy (non-hydrogen) atoms. The summed E-state index contributed by atoms with van der Waals surface area (Å²) in [6.45, 7) is 11.4. The van der Waals surface area contributed by atoms with E-state index in [0.717, 1.165) is 0 Å². The Morgan fingerprint density at radius 2 is 1.55 bits per heavy atom. The van der Waals surface area contributed by atoms with E-state index in [-0.39, 0.29) is 0 Å². The van der Waals surface area contributed by atoms with E-state index in [1.165, 1.54) is 6.34 Å². The molecule has 0 saturated heterocycles. The zero-order chi connectivity index (χ0) is 9.54. The third-order valence-corrected chi connectivity index (χ3v) is 0.374. The van der Waals surface area contributed by atoms with Crippen molar-refractivity contribution in [1.82, 2.24) is 0 Å². The van der Waals surface area contributed by atoms with Crippen LogP contribution < -0.4 is 0 Å². The molecule has 0 radical (unpaired) electrons. The van der Waals surface area contributed by atoms with Crippen LogP contribution in [0.25, 0.3) is 0 Å². The molecule has 0 aromatic rings. The molecule has 0 heterocycles. The summed E-state index contributed by atoms with van der Waals surface area (Å²) in [6, 6.07) is 0. The predicted octanol–water partition coefficient (Wildman–Crippen LogP) is 2.95. The summed E-state index contributed by atoms with van der Waals surface area (Å²) < 4.78 is 0. The van der Waals surface area contributed by atoms with E-state index in [4.69, 9.17) is 0 Å². The monoisotopic (exact) mass is 156 g/mol. The van der Waals surface area contributed by atoms with Crippen molar-refractivity contribution in [2.75, 3.05) is 7.05 Å². The lowest BCUT2D eigenvalue weighted by molar-refractivity contribution is 1.45. The van der Waals surface area contributed by atoms with Gasteiger partial charge in [0, 0.05) is 13.3 Å². The fourth-order valence-electron chi connectivity index (χ4n) is 0.166. The number of rotatable bonds is 2. The van der Waals surface area contributed by atoms with Crippen molar-refractivity contribution < 1.29 is 0 Å². The first-order valence-corrected chi connectivity index (χ1v) is 3.96. The average molecular weight is 156 g/mol. The van der Waals surface area contributed by atoms with Gasteiger partial charge in [0.05, 0.1) is 0 Å². The summed E-state index contributed by atoms with van der Waals surface area (Å²) in [5, 5.41) is 0. The standard InChI is InChI=1S/C5H8N2.2C2H6/c1-3-4-7-5-6-2;2*1-2/h3-5H,1H2,2H3;2*1-2H3. The third kappa shape index (κ3) is 48.0. The van der Waals surface area contributed by atoms with Gasteiger partial charge in [-0.25, -0.2) is 4.99 Å². The number of hydrogen-bond donors (Lipinski definition) is 0. The third-order valence-electron chi connectivity index (χ3n) is 0.374. The van der Waals surface area contributed by atoms with Crippen LogP contribution in [0.3, 0.4) is 0 Å². The molecule has 0 aromatic carbocycles. The molecule has 0 aliphatic rings. The fraction of sp³-hybridized carbons (Fsp3) is 0.556. The summed E-state index contributed by atoms with van der Waals surface area (Å²) in [5.74, 6) is 0. The summed E-state index contributed by atoms with van der Waals surface area (Å²) in [5.41, 5.74) is 0. The van der Waals surface area contributed by atoms with Crippen molar-refractivity contribution in [2.45, 2.75) is 27.7 Å². The first kappa shape index (κ1) is 16.6. The average Bonchev–Trinajstić information content (AvgIpc) is 2.13. The summed E-state index contributed by atoms with van der Waals surface area (Å²) in [6.07, 6.45) is 4.64. The van der Waals surface area contributed by atoms with Gasteiger partial charge in [-0.3, -0.25) is 4.99 Å². The molecule has 0 fully saturated rings.